The summed E-state index contributed by atoms with van der Waals surface area (Å²) in [5, 5.41) is 1.06. The lowest BCUT2D eigenvalue weighted by Gasteiger charge is -2.13. The summed E-state index contributed by atoms with van der Waals surface area (Å²) in [6, 6.07) is 5.44. The summed E-state index contributed by atoms with van der Waals surface area (Å²) in [5.74, 6) is -0.223. The van der Waals surface area contributed by atoms with Crippen LogP contribution in [0.15, 0.2) is 24.3 Å². The van der Waals surface area contributed by atoms with Gasteiger partial charge < -0.3 is 4.74 Å². The molecule has 0 unspecified atom stereocenters. The standard InChI is InChI=1S/C10H12FNO3/c1-12(14-2)10(13)7-15-9-5-3-8(11)4-6-9/h3-6H,7H2,1-2H3. The van der Waals surface area contributed by atoms with Crippen molar-refractivity contribution in [2.24, 2.45) is 0 Å². The van der Waals surface area contributed by atoms with Gasteiger partial charge in [0.1, 0.15) is 11.6 Å². The number of benzene rings is 1. The molecular formula is C10H12FNO3. The molecule has 0 saturated heterocycles. The summed E-state index contributed by atoms with van der Waals surface area (Å²) in [6.45, 7) is -0.143. The molecule has 5 heteroatoms. The molecule has 1 rings (SSSR count). The number of rotatable bonds is 4. The van der Waals surface area contributed by atoms with Crippen molar-refractivity contribution in [2.75, 3.05) is 20.8 Å². The van der Waals surface area contributed by atoms with Gasteiger partial charge in [0.05, 0.1) is 7.11 Å². The largest absolute Gasteiger partial charge is 0.484 e. The van der Waals surface area contributed by atoms with Gasteiger partial charge in [0.2, 0.25) is 0 Å². The third-order valence-corrected chi connectivity index (χ3v) is 1.80. The molecule has 0 N–H and O–H groups in total. The lowest BCUT2D eigenvalue weighted by Crippen LogP contribution is -2.30. The third-order valence-electron chi connectivity index (χ3n) is 1.80. The molecule has 0 saturated carbocycles. The number of hydrogen-bond donors (Lipinski definition) is 0. The molecule has 0 radical (unpaired) electrons. The van der Waals surface area contributed by atoms with Gasteiger partial charge in [-0.2, -0.15) is 0 Å². The molecule has 1 aromatic carbocycles. The topological polar surface area (TPSA) is 38.8 Å². The third kappa shape index (κ3) is 3.55. The predicted molar refractivity (Wildman–Crippen MR) is 51.7 cm³/mol. The number of hydroxylamine groups is 2. The van der Waals surface area contributed by atoms with Crippen LogP contribution in [0.4, 0.5) is 4.39 Å². The molecule has 1 amide bonds. The molecular weight excluding hydrogens is 201 g/mol. The Bertz CT molecular complexity index is 326. The highest BCUT2D eigenvalue weighted by Crippen LogP contribution is 2.10. The summed E-state index contributed by atoms with van der Waals surface area (Å²) in [7, 11) is 2.87. The van der Waals surface area contributed by atoms with E-state index < -0.39 is 0 Å². The van der Waals surface area contributed by atoms with E-state index in [1.54, 1.807) is 0 Å². The predicted octanol–water partition coefficient (Wildman–Crippen LogP) is 1.22. The summed E-state index contributed by atoms with van der Waals surface area (Å²) >= 11 is 0. The maximum atomic E-state index is 12.5. The van der Waals surface area contributed by atoms with Crippen LogP contribution in [0.1, 0.15) is 0 Å². The molecule has 4 nitrogen and oxygen atoms in total. The molecule has 0 fully saturated rings. The fourth-order valence-electron chi connectivity index (χ4n) is 0.869. The number of ether oxygens (including phenoxy) is 1. The fourth-order valence-corrected chi connectivity index (χ4v) is 0.869. The Kier molecular flexibility index (Phi) is 4.05. The molecule has 0 heterocycles. The van der Waals surface area contributed by atoms with Crippen molar-refractivity contribution in [3.63, 3.8) is 0 Å². The van der Waals surface area contributed by atoms with Crippen LogP contribution >= 0.6 is 0 Å². The van der Waals surface area contributed by atoms with Gasteiger partial charge in [-0.25, -0.2) is 9.45 Å². The first-order chi connectivity index (χ1) is 7.13. The second-order valence-corrected chi connectivity index (χ2v) is 2.82. The van der Waals surface area contributed by atoms with E-state index in [-0.39, 0.29) is 18.3 Å². The number of amides is 1. The van der Waals surface area contributed by atoms with Crippen molar-refractivity contribution in [2.45, 2.75) is 0 Å². The van der Waals surface area contributed by atoms with Crippen molar-refractivity contribution in [3.8, 4) is 5.75 Å². The van der Waals surface area contributed by atoms with Gasteiger partial charge in [-0.3, -0.25) is 9.63 Å². The number of halogens is 1. The number of hydrogen-bond acceptors (Lipinski definition) is 3. The minimum Gasteiger partial charge on any atom is -0.484 e. The molecule has 82 valence electrons. The lowest BCUT2D eigenvalue weighted by atomic mass is 10.3. The SMILES string of the molecule is CON(C)C(=O)COc1ccc(F)cc1. The minimum atomic E-state index is -0.345. The van der Waals surface area contributed by atoms with Crippen LogP contribution in [0.5, 0.6) is 5.75 Å². The molecule has 0 aromatic heterocycles. The van der Waals surface area contributed by atoms with Crippen LogP contribution in [0.2, 0.25) is 0 Å². The molecule has 0 bridgehead atoms. The van der Waals surface area contributed by atoms with Crippen molar-refractivity contribution < 1.29 is 18.8 Å². The van der Waals surface area contributed by atoms with Crippen molar-refractivity contribution in [1.82, 2.24) is 5.06 Å². The van der Waals surface area contributed by atoms with E-state index >= 15 is 0 Å². The van der Waals surface area contributed by atoms with E-state index in [1.165, 1.54) is 38.4 Å². The number of nitrogens with zero attached hydrogens (tertiary/aromatic N) is 1. The first-order valence-electron chi connectivity index (χ1n) is 4.32. The molecule has 15 heavy (non-hydrogen) atoms. The maximum absolute atomic E-state index is 12.5. The monoisotopic (exact) mass is 213 g/mol. The Morgan fingerprint density at radius 2 is 2.00 bits per heavy atom. The average Bonchev–Trinajstić information content (AvgIpc) is 2.26. The highest BCUT2D eigenvalue weighted by atomic mass is 19.1. The van der Waals surface area contributed by atoms with Gasteiger partial charge in [0, 0.05) is 7.05 Å². The number of carbonyl (C=O) groups is 1. The van der Waals surface area contributed by atoms with Crippen LogP contribution in [0.25, 0.3) is 0 Å². The van der Waals surface area contributed by atoms with Gasteiger partial charge in [0.25, 0.3) is 5.91 Å². The Balaban J connectivity index is 2.43. The lowest BCUT2D eigenvalue weighted by molar-refractivity contribution is -0.170. The molecule has 0 aliphatic rings. The van der Waals surface area contributed by atoms with E-state index in [0.29, 0.717) is 5.75 Å². The molecule has 1 aromatic rings. The zero-order valence-electron chi connectivity index (χ0n) is 8.57. The smallest absolute Gasteiger partial charge is 0.283 e. The van der Waals surface area contributed by atoms with E-state index in [4.69, 9.17) is 4.74 Å². The van der Waals surface area contributed by atoms with Crippen molar-refractivity contribution in [3.05, 3.63) is 30.1 Å². The highest BCUT2D eigenvalue weighted by molar-refractivity contribution is 5.76. The fraction of sp³-hybridized carbons (Fsp3) is 0.300. The first kappa shape index (κ1) is 11.5. The molecule has 0 aliphatic carbocycles. The second-order valence-electron chi connectivity index (χ2n) is 2.82. The maximum Gasteiger partial charge on any atom is 0.283 e. The van der Waals surface area contributed by atoms with Crippen LogP contribution in [-0.4, -0.2) is 31.7 Å². The zero-order chi connectivity index (χ0) is 11.3. The van der Waals surface area contributed by atoms with E-state index in [2.05, 4.69) is 4.84 Å². The van der Waals surface area contributed by atoms with Crippen LogP contribution in [-0.2, 0) is 9.63 Å². The molecule has 0 spiro atoms. The number of carbonyl (C=O) groups excluding carboxylic acids is 1. The second kappa shape index (κ2) is 5.31. The van der Waals surface area contributed by atoms with Gasteiger partial charge >= 0.3 is 0 Å². The van der Waals surface area contributed by atoms with Gasteiger partial charge in [-0.15, -0.1) is 0 Å². The summed E-state index contributed by atoms with van der Waals surface area (Å²) in [5.41, 5.74) is 0. The summed E-state index contributed by atoms with van der Waals surface area (Å²) in [6.07, 6.45) is 0. The van der Waals surface area contributed by atoms with Gasteiger partial charge in [0.15, 0.2) is 6.61 Å². The number of likely N-dealkylation sites (N-methyl/N-ethyl adjacent to an activating group) is 1. The van der Waals surface area contributed by atoms with Gasteiger partial charge in [-0.1, -0.05) is 0 Å². The van der Waals surface area contributed by atoms with E-state index in [1.807, 2.05) is 0 Å². The average molecular weight is 213 g/mol. The summed E-state index contributed by atoms with van der Waals surface area (Å²) in [4.78, 5) is 15.9. The Labute approximate surface area is 87.2 Å². The normalized spacial score (nSPS) is 9.80. The quantitative estimate of drug-likeness (QED) is 0.706. The van der Waals surface area contributed by atoms with Crippen LogP contribution in [0.3, 0.4) is 0 Å². The van der Waals surface area contributed by atoms with Crippen molar-refractivity contribution in [1.29, 1.82) is 0 Å². The van der Waals surface area contributed by atoms with Crippen molar-refractivity contribution >= 4 is 5.91 Å². The Morgan fingerprint density at radius 3 is 2.53 bits per heavy atom. The zero-order valence-corrected chi connectivity index (χ0v) is 8.57. The molecule has 0 atom stereocenters. The van der Waals surface area contributed by atoms with E-state index in [0.717, 1.165) is 5.06 Å². The first-order valence-corrected chi connectivity index (χ1v) is 4.32. The highest BCUT2D eigenvalue weighted by Gasteiger charge is 2.08. The molecule has 0 aliphatic heterocycles. The van der Waals surface area contributed by atoms with Crippen LogP contribution in [0, 0.1) is 5.82 Å². The Morgan fingerprint density at radius 1 is 1.40 bits per heavy atom. The van der Waals surface area contributed by atoms with Gasteiger partial charge in [-0.05, 0) is 24.3 Å². The van der Waals surface area contributed by atoms with Crippen LogP contribution < -0.4 is 4.74 Å². The van der Waals surface area contributed by atoms with E-state index in [9.17, 15) is 9.18 Å². The minimum absolute atomic E-state index is 0.143. The Hall–Kier alpha value is -1.62. The summed E-state index contributed by atoms with van der Waals surface area (Å²) < 4.78 is 17.6.